The molecule has 126 valence electrons. The van der Waals surface area contributed by atoms with E-state index in [-0.39, 0.29) is 39.4 Å². The fourth-order valence-electron chi connectivity index (χ4n) is 2.87. The van der Waals surface area contributed by atoms with Crippen LogP contribution in [0.4, 0.5) is 0 Å². The summed E-state index contributed by atoms with van der Waals surface area (Å²) in [5, 5.41) is 10.2. The summed E-state index contributed by atoms with van der Waals surface area (Å²) < 4.78 is 12.1. The van der Waals surface area contributed by atoms with Crippen LogP contribution in [0.25, 0.3) is 0 Å². The molecule has 0 amide bonds. The van der Waals surface area contributed by atoms with Gasteiger partial charge in [0.1, 0.15) is 0 Å². The third-order valence-corrected chi connectivity index (χ3v) is 6.95. The van der Waals surface area contributed by atoms with Gasteiger partial charge in [-0.2, -0.15) is 0 Å². The zero-order chi connectivity index (χ0) is 16.3. The first-order valence-electron chi connectivity index (χ1n) is 7.34. The Kier molecular flexibility index (Phi) is 7.96. The predicted molar refractivity (Wildman–Crippen MR) is 99.5 cm³/mol. The Hall–Kier alpha value is 1.13. The summed E-state index contributed by atoms with van der Waals surface area (Å²) >= 11 is 17.0. The molecule has 7 heteroatoms. The number of halogens is 4. The highest BCUT2D eigenvalue weighted by Crippen LogP contribution is 2.37. The highest BCUT2D eigenvalue weighted by atomic mass is 79.9. The third kappa shape index (κ3) is 5.06. The van der Waals surface area contributed by atoms with Crippen LogP contribution in [0.1, 0.15) is 26.2 Å². The minimum atomic E-state index is -0.528. The number of aliphatic hydroxyl groups is 1. The summed E-state index contributed by atoms with van der Waals surface area (Å²) in [6.07, 6.45) is 2.94. The Balaban J connectivity index is 2.20. The number of rotatable bonds is 1. The number of alkyl halides is 3. The van der Waals surface area contributed by atoms with Crippen molar-refractivity contribution in [2.75, 3.05) is 0 Å². The normalized spacial score (nSPS) is 46.5. The highest BCUT2D eigenvalue weighted by molar-refractivity contribution is 9.11. The Labute approximate surface area is 161 Å². The molecule has 2 fully saturated rings. The molecule has 2 saturated heterocycles. The smallest absolute Gasteiger partial charge is 0.0858 e. The van der Waals surface area contributed by atoms with Crippen LogP contribution < -0.4 is 0 Å². The van der Waals surface area contributed by atoms with Crippen molar-refractivity contribution in [2.45, 2.75) is 71.7 Å². The van der Waals surface area contributed by atoms with Gasteiger partial charge in [0.15, 0.2) is 0 Å². The van der Waals surface area contributed by atoms with E-state index in [1.165, 1.54) is 0 Å². The average molecular weight is 523 g/mol. The van der Waals surface area contributed by atoms with Gasteiger partial charge in [0, 0.05) is 21.1 Å². The Morgan fingerprint density at radius 1 is 1.14 bits per heavy atom. The molecular formula is C15H20Br3ClO3. The van der Waals surface area contributed by atoms with Crippen LogP contribution in [-0.2, 0) is 9.47 Å². The van der Waals surface area contributed by atoms with Gasteiger partial charge in [-0.05, 0) is 25.8 Å². The zero-order valence-electron chi connectivity index (χ0n) is 12.2. The molecule has 1 N–H and O–H groups in total. The molecule has 0 aromatic rings. The van der Waals surface area contributed by atoms with Crippen molar-refractivity contribution in [3.8, 4) is 0 Å². The summed E-state index contributed by atoms with van der Waals surface area (Å²) in [7, 11) is 0. The van der Waals surface area contributed by atoms with Crippen molar-refractivity contribution in [3.63, 3.8) is 0 Å². The first-order chi connectivity index (χ1) is 10.4. The highest BCUT2D eigenvalue weighted by Gasteiger charge is 2.42. The lowest BCUT2D eigenvalue weighted by Gasteiger charge is -2.27. The van der Waals surface area contributed by atoms with E-state index in [0.29, 0.717) is 6.42 Å². The Bertz CT molecular complexity index is 430. The number of ether oxygens (including phenoxy) is 2. The lowest BCUT2D eigenvalue weighted by molar-refractivity contribution is -0.0269. The lowest BCUT2D eigenvalue weighted by Crippen LogP contribution is -2.36. The van der Waals surface area contributed by atoms with E-state index in [0.717, 1.165) is 12.8 Å². The third-order valence-electron chi connectivity index (χ3n) is 4.10. The molecule has 8 atom stereocenters. The molecule has 0 aromatic carbocycles. The Morgan fingerprint density at radius 3 is 2.50 bits per heavy atom. The number of hydrogen-bond acceptors (Lipinski definition) is 3. The summed E-state index contributed by atoms with van der Waals surface area (Å²) in [6, 6.07) is 0. The second-order valence-electron chi connectivity index (χ2n) is 5.79. The van der Waals surface area contributed by atoms with E-state index in [1.807, 2.05) is 13.0 Å². The number of aliphatic hydroxyl groups excluding tert-OH is 1. The van der Waals surface area contributed by atoms with Gasteiger partial charge in [-0.25, -0.2) is 0 Å². The van der Waals surface area contributed by atoms with Gasteiger partial charge < -0.3 is 14.6 Å². The van der Waals surface area contributed by atoms with Crippen LogP contribution in [0.2, 0.25) is 0 Å². The summed E-state index contributed by atoms with van der Waals surface area (Å²) in [6.45, 7) is 1.95. The zero-order valence-corrected chi connectivity index (χ0v) is 17.7. The standard InChI is InChI=1S/C15H20Br3ClO3/c1-8-15(19)14-7-11(18)13(22-14)6-10(17)12(20)5-9(21-8)3-2-4-16/h3-4,8-15,20H,5-7H2,1H3. The van der Waals surface area contributed by atoms with Crippen molar-refractivity contribution in [1.82, 2.24) is 0 Å². The van der Waals surface area contributed by atoms with Crippen molar-refractivity contribution in [2.24, 2.45) is 0 Å². The van der Waals surface area contributed by atoms with Gasteiger partial charge in [-0.15, -0.1) is 17.3 Å². The maximum absolute atomic E-state index is 10.4. The monoisotopic (exact) mass is 520 g/mol. The van der Waals surface area contributed by atoms with Crippen LogP contribution >= 0.6 is 59.4 Å². The fourth-order valence-corrected chi connectivity index (χ4v) is 4.54. The lowest BCUT2D eigenvalue weighted by atomic mass is 10.0. The largest absolute Gasteiger partial charge is 0.392 e. The number of hydrogen-bond donors (Lipinski definition) is 1. The molecule has 2 rings (SSSR count). The van der Waals surface area contributed by atoms with Crippen LogP contribution in [0.5, 0.6) is 0 Å². The quantitative estimate of drug-likeness (QED) is 0.412. The van der Waals surface area contributed by atoms with E-state index in [9.17, 15) is 5.11 Å². The van der Waals surface area contributed by atoms with Gasteiger partial charge in [0.2, 0.25) is 0 Å². The number of fused-ring (bicyclic) bond motifs is 2. The molecule has 2 aliphatic heterocycles. The summed E-state index contributed by atoms with van der Waals surface area (Å²) in [5.41, 5.74) is 2.96. The summed E-state index contributed by atoms with van der Waals surface area (Å²) in [5.74, 6) is 0. The summed E-state index contributed by atoms with van der Waals surface area (Å²) in [4.78, 5) is 1.85. The minimum Gasteiger partial charge on any atom is -0.392 e. The van der Waals surface area contributed by atoms with Crippen molar-refractivity contribution in [3.05, 3.63) is 16.8 Å². The maximum atomic E-state index is 10.4. The molecule has 0 spiro atoms. The van der Waals surface area contributed by atoms with E-state index in [4.69, 9.17) is 21.1 Å². The molecular weight excluding hydrogens is 503 g/mol. The second kappa shape index (κ2) is 9.00. The minimum absolute atomic E-state index is 0.0441. The molecule has 0 saturated carbocycles. The van der Waals surface area contributed by atoms with Gasteiger partial charge >= 0.3 is 0 Å². The van der Waals surface area contributed by atoms with E-state index in [2.05, 4.69) is 53.5 Å². The second-order valence-corrected chi connectivity index (χ2v) is 9.10. The molecule has 0 aliphatic carbocycles. The molecule has 2 heterocycles. The molecule has 8 unspecified atom stereocenters. The first kappa shape index (κ1) is 19.5. The van der Waals surface area contributed by atoms with E-state index in [1.54, 1.807) is 4.99 Å². The predicted octanol–water partition coefficient (Wildman–Crippen LogP) is 4.27. The first-order valence-corrected chi connectivity index (χ1v) is 10.5. The van der Waals surface area contributed by atoms with Crippen molar-refractivity contribution in [1.29, 1.82) is 0 Å². The molecule has 3 nitrogen and oxygen atoms in total. The molecule has 22 heavy (non-hydrogen) atoms. The SMILES string of the molecule is CC1OC(C=C=CBr)CC(O)C(Br)CC2OC(CC2Br)C1Cl. The van der Waals surface area contributed by atoms with Crippen LogP contribution in [0.15, 0.2) is 16.8 Å². The molecule has 2 aliphatic rings. The van der Waals surface area contributed by atoms with E-state index < -0.39 is 6.10 Å². The van der Waals surface area contributed by atoms with Crippen LogP contribution in [0.3, 0.4) is 0 Å². The molecule has 2 bridgehead atoms. The van der Waals surface area contributed by atoms with Crippen LogP contribution in [0, 0.1) is 0 Å². The van der Waals surface area contributed by atoms with Gasteiger partial charge in [-0.1, -0.05) is 47.8 Å². The van der Waals surface area contributed by atoms with Crippen LogP contribution in [-0.4, -0.2) is 50.7 Å². The van der Waals surface area contributed by atoms with Crippen molar-refractivity contribution >= 4 is 59.4 Å². The van der Waals surface area contributed by atoms with Gasteiger partial charge in [0.25, 0.3) is 0 Å². The maximum Gasteiger partial charge on any atom is 0.0858 e. The van der Waals surface area contributed by atoms with Gasteiger partial charge in [-0.3, -0.25) is 0 Å². The molecule has 0 radical (unpaired) electrons. The Morgan fingerprint density at radius 2 is 1.82 bits per heavy atom. The van der Waals surface area contributed by atoms with Gasteiger partial charge in [0.05, 0.1) is 35.9 Å². The molecule has 0 aromatic heterocycles. The average Bonchev–Trinajstić information content (AvgIpc) is 2.83. The topological polar surface area (TPSA) is 38.7 Å². The fraction of sp³-hybridized carbons (Fsp3) is 0.800. The van der Waals surface area contributed by atoms with E-state index >= 15 is 0 Å². The van der Waals surface area contributed by atoms with Crippen molar-refractivity contribution < 1.29 is 14.6 Å².